The Hall–Kier alpha value is -2.96. The first-order valence-corrected chi connectivity index (χ1v) is 11.5. The number of piperidine rings is 1. The molecule has 7 heteroatoms. The van der Waals surface area contributed by atoms with Gasteiger partial charge in [-0.15, -0.1) is 0 Å². The normalized spacial score (nSPS) is 19.2. The molecule has 4 rings (SSSR count). The van der Waals surface area contributed by atoms with E-state index in [-0.39, 0.29) is 24.4 Å². The minimum Gasteiger partial charge on any atom is -0.494 e. The van der Waals surface area contributed by atoms with Gasteiger partial charge in [-0.05, 0) is 56.2 Å². The standard InChI is InChI=1S/C25H31FN2O4/c1-2-31-22-9-10-23(26)24(17-22)27-14-11-21(12-15-27)32-20-7-5-18(6-8-20)28-13-3-4-19(28)16-25(29)30/h5-10,17,19,21H,2-4,11-16H2,1H3,(H,29,30)/t19-/m1/s1. The smallest absolute Gasteiger partial charge is 0.305 e. The van der Waals surface area contributed by atoms with Crippen LogP contribution in [0.25, 0.3) is 0 Å². The fourth-order valence-corrected chi connectivity index (χ4v) is 4.70. The Labute approximate surface area is 188 Å². The molecule has 0 bridgehead atoms. The SMILES string of the molecule is CCOc1ccc(F)c(N2CCC(Oc3ccc(N4CCC[C@@H]4CC(=O)O)cc3)CC2)c1. The highest BCUT2D eigenvalue weighted by Gasteiger charge is 2.27. The Balaban J connectivity index is 1.32. The molecule has 2 aliphatic rings. The Bertz CT molecular complexity index is 913. The molecule has 1 atom stereocenters. The maximum absolute atomic E-state index is 14.3. The maximum atomic E-state index is 14.3. The number of benzene rings is 2. The van der Waals surface area contributed by atoms with Crippen LogP contribution in [0.3, 0.4) is 0 Å². The fourth-order valence-electron chi connectivity index (χ4n) is 4.70. The third kappa shape index (κ3) is 5.26. The molecule has 2 aromatic carbocycles. The summed E-state index contributed by atoms with van der Waals surface area (Å²) >= 11 is 0. The molecule has 2 aromatic rings. The van der Waals surface area contributed by atoms with Gasteiger partial charge in [0.25, 0.3) is 0 Å². The van der Waals surface area contributed by atoms with E-state index in [1.54, 1.807) is 12.1 Å². The van der Waals surface area contributed by atoms with Gasteiger partial charge < -0.3 is 24.4 Å². The molecular weight excluding hydrogens is 411 g/mol. The van der Waals surface area contributed by atoms with Gasteiger partial charge in [0.2, 0.25) is 0 Å². The van der Waals surface area contributed by atoms with Gasteiger partial charge in [0.15, 0.2) is 0 Å². The van der Waals surface area contributed by atoms with E-state index in [0.717, 1.165) is 56.8 Å². The molecule has 0 aliphatic carbocycles. The number of anilines is 2. The highest BCUT2D eigenvalue weighted by molar-refractivity contribution is 5.69. The van der Waals surface area contributed by atoms with Gasteiger partial charge in [-0.1, -0.05) is 0 Å². The van der Waals surface area contributed by atoms with Crippen LogP contribution in [0.1, 0.15) is 39.0 Å². The number of halogens is 1. The second kappa shape index (κ2) is 10.1. The van der Waals surface area contributed by atoms with Gasteiger partial charge >= 0.3 is 5.97 Å². The predicted octanol–water partition coefficient (Wildman–Crippen LogP) is 4.72. The Morgan fingerprint density at radius 1 is 1.06 bits per heavy atom. The highest BCUT2D eigenvalue weighted by Crippen LogP contribution is 2.31. The van der Waals surface area contributed by atoms with Crippen molar-refractivity contribution in [3.05, 3.63) is 48.3 Å². The van der Waals surface area contributed by atoms with E-state index in [1.807, 2.05) is 31.2 Å². The topological polar surface area (TPSA) is 62.2 Å². The molecule has 0 spiro atoms. The average Bonchev–Trinajstić information content (AvgIpc) is 3.24. The molecule has 0 aromatic heterocycles. The van der Waals surface area contributed by atoms with Crippen molar-refractivity contribution in [2.45, 2.75) is 51.2 Å². The minimum absolute atomic E-state index is 0.0604. The summed E-state index contributed by atoms with van der Waals surface area (Å²) in [5, 5.41) is 9.13. The van der Waals surface area contributed by atoms with Gasteiger partial charge in [-0.25, -0.2) is 4.39 Å². The summed E-state index contributed by atoms with van der Waals surface area (Å²) in [6, 6.07) is 12.9. The van der Waals surface area contributed by atoms with Crippen LogP contribution >= 0.6 is 0 Å². The van der Waals surface area contributed by atoms with E-state index >= 15 is 0 Å². The van der Waals surface area contributed by atoms with Crippen molar-refractivity contribution in [1.29, 1.82) is 0 Å². The molecule has 6 nitrogen and oxygen atoms in total. The van der Waals surface area contributed by atoms with Crippen molar-refractivity contribution in [1.82, 2.24) is 0 Å². The van der Waals surface area contributed by atoms with Crippen LogP contribution in [0.2, 0.25) is 0 Å². The van der Waals surface area contributed by atoms with Crippen molar-refractivity contribution in [2.75, 3.05) is 36.0 Å². The minimum atomic E-state index is -0.752. The van der Waals surface area contributed by atoms with E-state index in [4.69, 9.17) is 14.6 Å². The van der Waals surface area contributed by atoms with Crippen LogP contribution in [-0.4, -0.2) is 49.5 Å². The van der Waals surface area contributed by atoms with E-state index < -0.39 is 5.97 Å². The van der Waals surface area contributed by atoms with Crippen LogP contribution < -0.4 is 19.3 Å². The van der Waals surface area contributed by atoms with Crippen molar-refractivity contribution in [3.8, 4) is 11.5 Å². The first-order valence-electron chi connectivity index (χ1n) is 11.5. The molecular formula is C25H31FN2O4. The van der Waals surface area contributed by atoms with Crippen LogP contribution in [0.4, 0.5) is 15.8 Å². The number of ether oxygens (including phenoxy) is 2. The third-order valence-electron chi connectivity index (χ3n) is 6.27. The molecule has 2 aliphatic heterocycles. The largest absolute Gasteiger partial charge is 0.494 e. The maximum Gasteiger partial charge on any atom is 0.305 e. The summed E-state index contributed by atoms with van der Waals surface area (Å²) in [4.78, 5) is 15.3. The summed E-state index contributed by atoms with van der Waals surface area (Å²) in [5.74, 6) is 0.515. The number of aliphatic carboxylic acids is 1. The first kappa shape index (κ1) is 22.2. The highest BCUT2D eigenvalue weighted by atomic mass is 19.1. The molecule has 0 amide bonds. The monoisotopic (exact) mass is 442 g/mol. The number of hydrogen-bond donors (Lipinski definition) is 1. The molecule has 2 saturated heterocycles. The van der Waals surface area contributed by atoms with Crippen molar-refractivity contribution < 1.29 is 23.8 Å². The number of carboxylic acids is 1. The predicted molar refractivity (Wildman–Crippen MR) is 122 cm³/mol. The molecule has 172 valence electrons. The molecule has 0 unspecified atom stereocenters. The van der Waals surface area contributed by atoms with E-state index in [1.165, 1.54) is 6.07 Å². The number of rotatable bonds is 8. The van der Waals surface area contributed by atoms with Gasteiger partial charge in [-0.3, -0.25) is 4.79 Å². The molecule has 0 saturated carbocycles. The van der Waals surface area contributed by atoms with Gasteiger partial charge in [-0.2, -0.15) is 0 Å². The summed E-state index contributed by atoms with van der Waals surface area (Å²) in [6.07, 6.45) is 3.81. The second-order valence-corrected chi connectivity index (χ2v) is 8.43. The summed E-state index contributed by atoms with van der Waals surface area (Å²) in [6.45, 7) is 4.80. The van der Waals surface area contributed by atoms with Crippen LogP contribution in [-0.2, 0) is 4.79 Å². The van der Waals surface area contributed by atoms with Gasteiger partial charge in [0.1, 0.15) is 23.4 Å². The Kier molecular flexibility index (Phi) is 7.02. The quantitative estimate of drug-likeness (QED) is 0.639. The van der Waals surface area contributed by atoms with Gasteiger partial charge in [0.05, 0.1) is 18.7 Å². The number of carboxylic acid groups (broad SMARTS) is 1. The van der Waals surface area contributed by atoms with E-state index in [9.17, 15) is 9.18 Å². The summed E-state index contributed by atoms with van der Waals surface area (Å²) < 4.78 is 26.0. The molecule has 2 fully saturated rings. The van der Waals surface area contributed by atoms with Crippen molar-refractivity contribution in [3.63, 3.8) is 0 Å². The molecule has 0 radical (unpaired) electrons. The lowest BCUT2D eigenvalue weighted by atomic mass is 10.1. The Morgan fingerprint density at radius 2 is 1.78 bits per heavy atom. The molecule has 1 N–H and O–H groups in total. The number of carbonyl (C=O) groups is 1. The van der Waals surface area contributed by atoms with Crippen molar-refractivity contribution in [2.24, 2.45) is 0 Å². The fraction of sp³-hybridized carbons (Fsp3) is 0.480. The number of hydrogen-bond acceptors (Lipinski definition) is 5. The van der Waals surface area contributed by atoms with Crippen LogP contribution in [0.15, 0.2) is 42.5 Å². The molecule has 2 heterocycles. The summed E-state index contributed by atoms with van der Waals surface area (Å²) in [5.41, 5.74) is 1.63. The third-order valence-corrected chi connectivity index (χ3v) is 6.27. The Morgan fingerprint density at radius 3 is 2.47 bits per heavy atom. The zero-order valence-electron chi connectivity index (χ0n) is 18.5. The van der Waals surface area contributed by atoms with E-state index in [0.29, 0.717) is 18.0 Å². The summed E-state index contributed by atoms with van der Waals surface area (Å²) in [7, 11) is 0. The van der Waals surface area contributed by atoms with E-state index in [2.05, 4.69) is 9.80 Å². The average molecular weight is 443 g/mol. The first-order chi connectivity index (χ1) is 15.5. The number of nitrogens with zero attached hydrogens (tertiary/aromatic N) is 2. The van der Waals surface area contributed by atoms with Crippen LogP contribution in [0, 0.1) is 5.82 Å². The lowest BCUT2D eigenvalue weighted by molar-refractivity contribution is -0.137. The van der Waals surface area contributed by atoms with Crippen LogP contribution in [0.5, 0.6) is 11.5 Å². The zero-order chi connectivity index (χ0) is 22.5. The molecule has 32 heavy (non-hydrogen) atoms. The zero-order valence-corrected chi connectivity index (χ0v) is 18.5. The lowest BCUT2D eigenvalue weighted by Gasteiger charge is -2.34. The lowest BCUT2D eigenvalue weighted by Crippen LogP contribution is -2.38. The second-order valence-electron chi connectivity index (χ2n) is 8.43. The van der Waals surface area contributed by atoms with Crippen molar-refractivity contribution >= 4 is 17.3 Å². The van der Waals surface area contributed by atoms with Gasteiger partial charge in [0, 0.05) is 50.3 Å².